The fraction of sp³-hybridized carbons (Fsp3) is 0.286. The molecule has 172 valence electrons. The molecule has 0 unspecified atom stereocenters. The summed E-state index contributed by atoms with van der Waals surface area (Å²) in [6, 6.07) is 25.2. The van der Waals surface area contributed by atoms with Gasteiger partial charge in [0.1, 0.15) is 30.5 Å². The molecule has 1 saturated heterocycles. The molecule has 0 atom stereocenters. The lowest BCUT2D eigenvalue weighted by molar-refractivity contribution is 0.0668. The van der Waals surface area contributed by atoms with E-state index in [1.54, 1.807) is 12.1 Å². The Labute approximate surface area is 194 Å². The number of alkyl halides is 1. The largest absolute Gasteiger partial charge is 0.508 e. The number of ether oxygens (including phenoxy) is 2. The van der Waals surface area contributed by atoms with E-state index in [1.807, 2.05) is 54.6 Å². The van der Waals surface area contributed by atoms with Crippen molar-refractivity contribution in [2.75, 3.05) is 39.5 Å². The van der Waals surface area contributed by atoms with Crippen LogP contribution in [0.25, 0.3) is 11.1 Å². The molecule has 5 heteroatoms. The molecule has 4 nitrogen and oxygen atoms in total. The molecule has 0 amide bonds. The number of likely N-dealkylation sites (tertiary alicyclic amines) is 1. The molecular formula is C28H30FNO3. The Morgan fingerprint density at radius 1 is 1.00 bits per heavy atom. The number of hydrogen-bond donors (Lipinski definition) is 1. The monoisotopic (exact) mass is 447 g/mol. The van der Waals surface area contributed by atoms with Gasteiger partial charge in [0.2, 0.25) is 0 Å². The van der Waals surface area contributed by atoms with Gasteiger partial charge in [-0.05, 0) is 48.4 Å². The van der Waals surface area contributed by atoms with Crippen molar-refractivity contribution < 1.29 is 19.0 Å². The van der Waals surface area contributed by atoms with Crippen molar-refractivity contribution in [2.24, 2.45) is 5.92 Å². The second-order valence-electron chi connectivity index (χ2n) is 8.38. The normalized spacial score (nSPS) is 15.6. The van der Waals surface area contributed by atoms with Crippen LogP contribution < -0.4 is 9.47 Å². The van der Waals surface area contributed by atoms with Gasteiger partial charge in [0.25, 0.3) is 0 Å². The number of para-hydroxylation sites is 1. The second-order valence-corrected chi connectivity index (χ2v) is 8.38. The quantitative estimate of drug-likeness (QED) is 0.528. The number of aromatic hydroxyl groups is 1. The fourth-order valence-corrected chi connectivity index (χ4v) is 4.06. The van der Waals surface area contributed by atoms with Crippen molar-refractivity contribution in [1.82, 2.24) is 4.90 Å². The van der Waals surface area contributed by atoms with Crippen LogP contribution in [0.3, 0.4) is 0 Å². The number of phenols is 1. The van der Waals surface area contributed by atoms with E-state index in [9.17, 15) is 9.50 Å². The number of fused-ring (bicyclic) bond motifs is 1. The first-order valence-electron chi connectivity index (χ1n) is 11.3. The van der Waals surface area contributed by atoms with Crippen LogP contribution >= 0.6 is 0 Å². The van der Waals surface area contributed by atoms with E-state index in [0.29, 0.717) is 13.2 Å². The summed E-state index contributed by atoms with van der Waals surface area (Å²) in [6.45, 7) is 5.81. The Kier molecular flexibility index (Phi) is 7.63. The lowest BCUT2D eigenvalue weighted by atomic mass is 9.94. The van der Waals surface area contributed by atoms with E-state index in [2.05, 4.69) is 24.0 Å². The highest BCUT2D eigenvalue weighted by Gasteiger charge is 2.25. The summed E-state index contributed by atoms with van der Waals surface area (Å²) in [5.74, 6) is 2.28. The minimum Gasteiger partial charge on any atom is -0.508 e. The van der Waals surface area contributed by atoms with Crippen molar-refractivity contribution >= 4 is 11.1 Å². The molecule has 2 aliphatic rings. The molecule has 0 radical (unpaired) electrons. The standard InChI is InChI=1S/C16H14O2.C12H16FNO/c1-11-14-9-13(17)7-8-16(14)18-10-15(11)12-5-3-2-4-6-12;13-8-11-9-14(10-11)6-7-15-12-4-2-1-3-5-12/h2-9,17H,10H2,1H3;1-5,11H,6-10H2. The fourth-order valence-electron chi connectivity index (χ4n) is 4.06. The van der Waals surface area contributed by atoms with Crippen LogP contribution in [-0.2, 0) is 0 Å². The van der Waals surface area contributed by atoms with Gasteiger partial charge >= 0.3 is 0 Å². The summed E-state index contributed by atoms with van der Waals surface area (Å²) in [4.78, 5) is 2.22. The van der Waals surface area contributed by atoms with Crippen LogP contribution in [0.5, 0.6) is 17.2 Å². The Bertz CT molecular complexity index is 1060. The summed E-state index contributed by atoms with van der Waals surface area (Å²) in [5.41, 5.74) is 4.48. The molecule has 0 aromatic heterocycles. The van der Waals surface area contributed by atoms with Crippen molar-refractivity contribution in [3.05, 3.63) is 90.0 Å². The Balaban J connectivity index is 0.000000160. The maximum Gasteiger partial charge on any atom is 0.127 e. The number of halogens is 1. The summed E-state index contributed by atoms with van der Waals surface area (Å²) >= 11 is 0. The topological polar surface area (TPSA) is 41.9 Å². The maximum absolute atomic E-state index is 12.1. The molecule has 0 aliphatic carbocycles. The van der Waals surface area contributed by atoms with Crippen LogP contribution in [0.15, 0.2) is 78.9 Å². The SMILES string of the molecule is CC1=C(c2ccccc2)COc2ccc(O)cc21.FCC1CN(CCOc2ccccc2)C1. The summed E-state index contributed by atoms with van der Waals surface area (Å²) in [5, 5.41) is 9.58. The molecule has 2 aliphatic heterocycles. The zero-order valence-corrected chi connectivity index (χ0v) is 18.9. The number of rotatable bonds is 6. The van der Waals surface area contributed by atoms with Crippen LogP contribution in [0.4, 0.5) is 4.39 Å². The molecule has 2 heterocycles. The van der Waals surface area contributed by atoms with E-state index < -0.39 is 0 Å². The Morgan fingerprint density at radius 2 is 1.70 bits per heavy atom. The average molecular weight is 448 g/mol. The van der Waals surface area contributed by atoms with Crippen molar-refractivity contribution in [2.45, 2.75) is 6.92 Å². The summed E-state index contributed by atoms with van der Waals surface area (Å²) < 4.78 is 23.4. The number of nitrogens with zero attached hydrogens (tertiary/aromatic N) is 1. The van der Waals surface area contributed by atoms with Crippen LogP contribution in [0, 0.1) is 5.92 Å². The van der Waals surface area contributed by atoms with Crippen LogP contribution in [0.2, 0.25) is 0 Å². The van der Waals surface area contributed by atoms with Crippen LogP contribution in [0.1, 0.15) is 18.1 Å². The van der Waals surface area contributed by atoms with Crippen molar-refractivity contribution in [1.29, 1.82) is 0 Å². The van der Waals surface area contributed by atoms with Crippen molar-refractivity contribution in [3.63, 3.8) is 0 Å². The van der Waals surface area contributed by atoms with E-state index in [1.165, 1.54) is 16.7 Å². The predicted octanol–water partition coefficient (Wildman–Crippen LogP) is 5.68. The lowest BCUT2D eigenvalue weighted by Crippen LogP contribution is -2.49. The Hall–Kier alpha value is -3.31. The third-order valence-electron chi connectivity index (χ3n) is 5.98. The minimum atomic E-state index is -0.184. The van der Waals surface area contributed by atoms with Gasteiger partial charge in [-0.25, -0.2) is 0 Å². The summed E-state index contributed by atoms with van der Waals surface area (Å²) in [6.07, 6.45) is 0. The zero-order valence-electron chi connectivity index (χ0n) is 18.9. The maximum atomic E-state index is 12.1. The third kappa shape index (κ3) is 5.93. The van der Waals surface area contributed by atoms with Gasteiger partial charge in [0.15, 0.2) is 0 Å². The van der Waals surface area contributed by atoms with E-state index >= 15 is 0 Å². The highest BCUT2D eigenvalue weighted by molar-refractivity contribution is 5.93. The van der Waals surface area contributed by atoms with Crippen molar-refractivity contribution in [3.8, 4) is 17.2 Å². The minimum absolute atomic E-state index is 0.184. The molecule has 3 aromatic carbocycles. The number of hydrogen-bond acceptors (Lipinski definition) is 4. The zero-order chi connectivity index (χ0) is 23.0. The highest BCUT2D eigenvalue weighted by Crippen LogP contribution is 2.38. The van der Waals surface area contributed by atoms with E-state index in [0.717, 1.165) is 36.7 Å². The van der Waals surface area contributed by atoms with Gasteiger partial charge in [-0.1, -0.05) is 48.5 Å². The molecule has 3 aromatic rings. The smallest absolute Gasteiger partial charge is 0.127 e. The number of phenolic OH excluding ortho intramolecular Hbond substituents is 1. The molecule has 1 fully saturated rings. The van der Waals surface area contributed by atoms with E-state index in [-0.39, 0.29) is 18.3 Å². The predicted molar refractivity (Wildman–Crippen MR) is 130 cm³/mol. The second kappa shape index (κ2) is 11.0. The molecule has 33 heavy (non-hydrogen) atoms. The highest BCUT2D eigenvalue weighted by atomic mass is 19.1. The van der Waals surface area contributed by atoms with Gasteiger partial charge in [0.05, 0.1) is 6.67 Å². The van der Waals surface area contributed by atoms with Crippen LogP contribution in [-0.4, -0.2) is 49.5 Å². The lowest BCUT2D eigenvalue weighted by Gasteiger charge is -2.37. The van der Waals surface area contributed by atoms with E-state index in [4.69, 9.17) is 9.47 Å². The molecular weight excluding hydrogens is 417 g/mol. The molecule has 1 N–H and O–H groups in total. The number of allylic oxidation sites excluding steroid dienone is 1. The first kappa shape index (κ1) is 22.9. The van der Waals surface area contributed by atoms with Gasteiger partial charge < -0.3 is 14.6 Å². The first-order valence-corrected chi connectivity index (χ1v) is 11.3. The van der Waals surface area contributed by atoms with Gasteiger partial charge in [0, 0.05) is 36.7 Å². The average Bonchev–Trinajstić information content (AvgIpc) is 2.83. The van der Waals surface area contributed by atoms with Gasteiger partial charge in [-0.15, -0.1) is 0 Å². The molecule has 0 saturated carbocycles. The molecule has 0 spiro atoms. The number of benzene rings is 3. The molecule has 5 rings (SSSR count). The third-order valence-corrected chi connectivity index (χ3v) is 5.98. The van der Waals surface area contributed by atoms with Gasteiger partial charge in [-0.3, -0.25) is 9.29 Å². The Morgan fingerprint density at radius 3 is 2.39 bits per heavy atom. The molecule has 0 bridgehead atoms. The summed E-state index contributed by atoms with van der Waals surface area (Å²) in [7, 11) is 0. The van der Waals surface area contributed by atoms with Gasteiger partial charge in [-0.2, -0.15) is 0 Å². The first-order chi connectivity index (χ1) is 16.1.